The lowest BCUT2D eigenvalue weighted by Gasteiger charge is -2.51. The van der Waals surface area contributed by atoms with Crippen molar-refractivity contribution in [2.45, 2.75) is 44.2 Å². The van der Waals surface area contributed by atoms with Gasteiger partial charge < -0.3 is 15.2 Å². The summed E-state index contributed by atoms with van der Waals surface area (Å²) < 4.78 is 1.77. The molecule has 1 saturated heterocycles. The number of aryl methyl sites for hydroxylation is 1. The molecule has 2 N–H and O–H groups in total. The van der Waals surface area contributed by atoms with Crippen LogP contribution in [0.4, 0.5) is 5.95 Å². The molecule has 1 aliphatic heterocycles. The van der Waals surface area contributed by atoms with Gasteiger partial charge in [-0.2, -0.15) is 4.98 Å². The van der Waals surface area contributed by atoms with Crippen molar-refractivity contribution in [1.82, 2.24) is 34.8 Å². The van der Waals surface area contributed by atoms with E-state index < -0.39 is 0 Å². The Labute approximate surface area is 178 Å². The minimum Gasteiger partial charge on any atom is -0.351 e. The van der Waals surface area contributed by atoms with Gasteiger partial charge in [-0.15, -0.1) is 5.10 Å². The third kappa shape index (κ3) is 2.87. The average molecular weight is 416 g/mol. The largest absolute Gasteiger partial charge is 0.351 e. The van der Waals surface area contributed by atoms with E-state index in [2.05, 4.69) is 48.5 Å². The summed E-state index contributed by atoms with van der Waals surface area (Å²) in [6, 6.07) is 6.39. The van der Waals surface area contributed by atoms with Gasteiger partial charge in [0.2, 0.25) is 11.9 Å². The number of hydrogen-bond acceptors (Lipinski definition) is 6. The predicted octanol–water partition coefficient (Wildman–Crippen LogP) is 2.86. The summed E-state index contributed by atoms with van der Waals surface area (Å²) in [5.41, 5.74) is 4.74. The Hall–Kier alpha value is -3.49. The van der Waals surface area contributed by atoms with E-state index in [0.29, 0.717) is 12.4 Å². The van der Waals surface area contributed by atoms with Gasteiger partial charge in [0.1, 0.15) is 11.2 Å². The first-order valence-corrected chi connectivity index (χ1v) is 10.7. The maximum absolute atomic E-state index is 12.1. The van der Waals surface area contributed by atoms with Crippen LogP contribution in [0.2, 0.25) is 0 Å². The molecule has 9 heteroatoms. The standard InChI is InChI=1S/C22H24N8O/c1-22(30-7-3-4-19(30)31)9-14(10-22)25-21-24-12-16-15(11-23-20(16)26-21)13-5-6-17-18(8-13)29(2)28-27-17/h5-6,8,11-12,14H,3-4,7,9-10H2,1-2H3,(H2,23,24,25,26). The van der Waals surface area contributed by atoms with Gasteiger partial charge in [0.05, 0.1) is 5.52 Å². The fourth-order valence-electron chi connectivity index (χ4n) is 5.14. The maximum Gasteiger partial charge on any atom is 0.224 e. The van der Waals surface area contributed by atoms with Crippen molar-refractivity contribution in [2.24, 2.45) is 7.05 Å². The molecule has 1 aliphatic carbocycles. The van der Waals surface area contributed by atoms with E-state index in [1.54, 1.807) is 4.68 Å². The topological polar surface area (TPSA) is 105 Å². The zero-order valence-electron chi connectivity index (χ0n) is 17.6. The van der Waals surface area contributed by atoms with Crippen LogP contribution in [0.5, 0.6) is 0 Å². The molecule has 2 aliphatic rings. The molecule has 31 heavy (non-hydrogen) atoms. The SMILES string of the molecule is Cn1nnc2ccc(-c3c[nH]c4nc(NC5CC(C)(N6CCCC6=O)C5)ncc34)cc21. The summed E-state index contributed by atoms with van der Waals surface area (Å²) in [6.45, 7) is 3.07. The van der Waals surface area contributed by atoms with Gasteiger partial charge in [0.15, 0.2) is 0 Å². The van der Waals surface area contributed by atoms with E-state index >= 15 is 0 Å². The number of anilines is 1. The van der Waals surface area contributed by atoms with Crippen molar-refractivity contribution in [3.63, 3.8) is 0 Å². The van der Waals surface area contributed by atoms with Crippen LogP contribution in [0.3, 0.4) is 0 Å². The molecule has 0 atom stereocenters. The fraction of sp³-hybridized carbons (Fsp3) is 0.409. The number of likely N-dealkylation sites (tertiary alicyclic amines) is 1. The molecule has 1 amide bonds. The first kappa shape index (κ1) is 18.3. The molecule has 0 bridgehead atoms. The lowest BCUT2D eigenvalue weighted by molar-refractivity contribution is -0.136. The third-order valence-electron chi connectivity index (χ3n) is 6.78. The van der Waals surface area contributed by atoms with Crippen LogP contribution in [0.25, 0.3) is 33.2 Å². The Bertz CT molecular complexity index is 1320. The Balaban J connectivity index is 1.21. The lowest BCUT2D eigenvalue weighted by atomic mass is 9.73. The van der Waals surface area contributed by atoms with Crippen molar-refractivity contribution in [3.8, 4) is 11.1 Å². The second-order valence-corrected chi connectivity index (χ2v) is 8.97. The summed E-state index contributed by atoms with van der Waals surface area (Å²) >= 11 is 0. The third-order valence-corrected chi connectivity index (χ3v) is 6.78. The molecule has 0 unspecified atom stereocenters. The molecule has 9 nitrogen and oxygen atoms in total. The number of aromatic amines is 1. The number of nitrogens with zero attached hydrogens (tertiary/aromatic N) is 6. The number of nitrogens with one attached hydrogen (secondary N) is 2. The number of aromatic nitrogens is 6. The van der Waals surface area contributed by atoms with Crippen LogP contribution in [0.1, 0.15) is 32.6 Å². The normalized spacial score (nSPS) is 23.6. The van der Waals surface area contributed by atoms with Gasteiger partial charge in [0, 0.05) is 54.9 Å². The number of benzene rings is 1. The summed E-state index contributed by atoms with van der Waals surface area (Å²) in [4.78, 5) is 26.7. The molecule has 4 heterocycles. The minimum atomic E-state index is -0.0335. The van der Waals surface area contributed by atoms with Crippen molar-refractivity contribution in [2.75, 3.05) is 11.9 Å². The number of fused-ring (bicyclic) bond motifs is 2. The van der Waals surface area contributed by atoms with Crippen molar-refractivity contribution in [3.05, 3.63) is 30.6 Å². The summed E-state index contributed by atoms with van der Waals surface area (Å²) in [5.74, 6) is 0.907. The molecule has 158 valence electrons. The summed E-state index contributed by atoms with van der Waals surface area (Å²) in [5, 5.41) is 12.6. The van der Waals surface area contributed by atoms with Crippen molar-refractivity contribution < 1.29 is 4.79 Å². The Morgan fingerprint density at radius 3 is 2.97 bits per heavy atom. The summed E-state index contributed by atoms with van der Waals surface area (Å²) in [6.07, 6.45) is 7.35. The van der Waals surface area contributed by atoms with E-state index in [9.17, 15) is 4.79 Å². The molecular weight excluding hydrogens is 392 g/mol. The number of H-pyrrole nitrogens is 1. The molecular formula is C22H24N8O. The molecule has 6 rings (SSSR count). The Morgan fingerprint density at radius 1 is 1.29 bits per heavy atom. The lowest BCUT2D eigenvalue weighted by Crippen LogP contribution is -2.59. The van der Waals surface area contributed by atoms with Gasteiger partial charge in [0.25, 0.3) is 0 Å². The van der Waals surface area contributed by atoms with Gasteiger partial charge in [-0.3, -0.25) is 4.79 Å². The quantitative estimate of drug-likeness (QED) is 0.530. The fourth-order valence-corrected chi connectivity index (χ4v) is 5.14. The monoisotopic (exact) mass is 416 g/mol. The van der Waals surface area contributed by atoms with Crippen molar-refractivity contribution >= 4 is 33.9 Å². The zero-order valence-corrected chi connectivity index (χ0v) is 17.6. The van der Waals surface area contributed by atoms with E-state index in [4.69, 9.17) is 0 Å². The highest BCUT2D eigenvalue weighted by atomic mass is 16.2. The second kappa shape index (κ2) is 6.50. The summed E-state index contributed by atoms with van der Waals surface area (Å²) in [7, 11) is 1.89. The molecule has 0 radical (unpaired) electrons. The molecule has 3 aromatic heterocycles. The van der Waals surface area contributed by atoms with E-state index in [1.165, 1.54) is 0 Å². The van der Waals surface area contributed by atoms with Crippen LogP contribution >= 0.6 is 0 Å². The number of hydrogen-bond donors (Lipinski definition) is 2. The highest BCUT2D eigenvalue weighted by Gasteiger charge is 2.48. The average Bonchev–Trinajstić information content (AvgIpc) is 3.45. The van der Waals surface area contributed by atoms with Gasteiger partial charge >= 0.3 is 0 Å². The molecule has 0 spiro atoms. The smallest absolute Gasteiger partial charge is 0.224 e. The first-order chi connectivity index (χ1) is 15.0. The number of amides is 1. The van der Waals surface area contributed by atoms with Crippen molar-refractivity contribution in [1.29, 1.82) is 0 Å². The second-order valence-electron chi connectivity index (χ2n) is 8.97. The molecule has 1 saturated carbocycles. The van der Waals surface area contributed by atoms with Crippen LogP contribution in [-0.2, 0) is 11.8 Å². The van der Waals surface area contributed by atoms with Gasteiger partial charge in [-0.1, -0.05) is 11.3 Å². The maximum atomic E-state index is 12.1. The highest BCUT2D eigenvalue weighted by molar-refractivity contribution is 5.95. The van der Waals surface area contributed by atoms with E-state index in [-0.39, 0.29) is 17.5 Å². The molecule has 4 aromatic rings. The predicted molar refractivity (Wildman–Crippen MR) is 117 cm³/mol. The van der Waals surface area contributed by atoms with Crippen LogP contribution in [0, 0.1) is 0 Å². The van der Waals surface area contributed by atoms with Crippen LogP contribution in [0.15, 0.2) is 30.6 Å². The Morgan fingerprint density at radius 2 is 2.16 bits per heavy atom. The highest BCUT2D eigenvalue weighted by Crippen LogP contribution is 2.41. The minimum absolute atomic E-state index is 0.0335. The number of rotatable bonds is 4. The first-order valence-electron chi connectivity index (χ1n) is 10.7. The Kier molecular flexibility index (Phi) is 3.84. The zero-order chi connectivity index (χ0) is 21.2. The molecule has 2 fully saturated rings. The van der Waals surface area contributed by atoms with Crippen LogP contribution < -0.4 is 5.32 Å². The van der Waals surface area contributed by atoms with Gasteiger partial charge in [-0.25, -0.2) is 9.67 Å². The van der Waals surface area contributed by atoms with E-state index in [1.807, 2.05) is 31.6 Å². The van der Waals surface area contributed by atoms with Gasteiger partial charge in [-0.05, 0) is 43.9 Å². The van der Waals surface area contributed by atoms with Crippen LogP contribution in [-0.4, -0.2) is 58.9 Å². The molecule has 1 aromatic carbocycles. The number of carbonyl (C=O) groups excluding carboxylic acids is 1. The van der Waals surface area contributed by atoms with E-state index in [0.717, 1.165) is 59.0 Å². The number of carbonyl (C=O) groups is 1.